The van der Waals surface area contributed by atoms with E-state index >= 15 is 0 Å². The number of amides is 1. The number of ether oxygens (including phenoxy) is 1. The number of carbonyl (C=O) groups is 2. The van der Waals surface area contributed by atoms with Crippen molar-refractivity contribution < 1.29 is 23.1 Å². The van der Waals surface area contributed by atoms with Gasteiger partial charge in [0.1, 0.15) is 0 Å². The Morgan fingerprint density at radius 3 is 2.46 bits per heavy atom. The van der Waals surface area contributed by atoms with Gasteiger partial charge in [0.25, 0.3) is 5.91 Å². The lowest BCUT2D eigenvalue weighted by Crippen LogP contribution is -2.33. The second kappa shape index (κ2) is 8.14. The molecule has 126 valence electrons. The van der Waals surface area contributed by atoms with E-state index in [9.17, 15) is 18.4 Å². The molecule has 1 heterocycles. The van der Waals surface area contributed by atoms with E-state index in [2.05, 4.69) is 9.72 Å². The first kappa shape index (κ1) is 17.5. The van der Waals surface area contributed by atoms with Crippen molar-refractivity contribution in [3.05, 3.63) is 65.5 Å². The highest BCUT2D eigenvalue weighted by molar-refractivity contribution is 5.94. The molecule has 7 heteroatoms. The number of rotatable bonds is 6. The molecular formula is C17H16F2N2O3. The minimum absolute atomic E-state index is 0.00298. The molecule has 1 amide bonds. The minimum atomic E-state index is -1.10. The summed E-state index contributed by atoms with van der Waals surface area (Å²) in [5, 5.41) is 0. The zero-order chi connectivity index (χ0) is 17.5. The van der Waals surface area contributed by atoms with Gasteiger partial charge in [0.2, 0.25) is 0 Å². The lowest BCUT2D eigenvalue weighted by Gasteiger charge is -2.22. The predicted octanol–water partition coefficient (Wildman–Crippen LogP) is 2.57. The van der Waals surface area contributed by atoms with Gasteiger partial charge in [0.15, 0.2) is 11.6 Å². The van der Waals surface area contributed by atoms with E-state index in [-0.39, 0.29) is 25.1 Å². The summed E-state index contributed by atoms with van der Waals surface area (Å²) >= 11 is 0. The van der Waals surface area contributed by atoms with Gasteiger partial charge in [-0.25, -0.2) is 8.78 Å². The Balaban J connectivity index is 2.20. The molecule has 0 aliphatic carbocycles. The van der Waals surface area contributed by atoms with Crippen LogP contribution in [0.25, 0.3) is 0 Å². The van der Waals surface area contributed by atoms with Crippen LogP contribution < -0.4 is 0 Å². The summed E-state index contributed by atoms with van der Waals surface area (Å²) in [5.41, 5.74) is 0.804. The summed E-state index contributed by atoms with van der Waals surface area (Å²) in [5.74, 6) is -3.10. The fourth-order valence-electron chi connectivity index (χ4n) is 2.10. The zero-order valence-electron chi connectivity index (χ0n) is 13.0. The second-order valence-electron chi connectivity index (χ2n) is 5.04. The number of methoxy groups -OCH3 is 1. The molecule has 1 aromatic carbocycles. The number of carbonyl (C=O) groups excluding carboxylic acids is 2. The average molecular weight is 334 g/mol. The van der Waals surface area contributed by atoms with Gasteiger partial charge in [0.05, 0.1) is 13.5 Å². The summed E-state index contributed by atoms with van der Waals surface area (Å²) in [4.78, 5) is 29.2. The Hall–Kier alpha value is -2.83. The van der Waals surface area contributed by atoms with Crippen LogP contribution in [0.2, 0.25) is 0 Å². The van der Waals surface area contributed by atoms with E-state index in [0.717, 1.165) is 17.7 Å². The van der Waals surface area contributed by atoms with Crippen LogP contribution in [0.1, 0.15) is 22.3 Å². The number of hydrogen-bond donors (Lipinski definition) is 0. The standard InChI is InChI=1S/C17H16F2N2O3/c1-24-16(22)6-9-21(11-12-4-7-20-8-5-12)17(23)13-2-3-14(18)15(19)10-13/h2-5,7-8,10H,6,9,11H2,1H3. The molecule has 2 aromatic rings. The van der Waals surface area contributed by atoms with Gasteiger partial charge in [-0.15, -0.1) is 0 Å². The fraction of sp³-hybridized carbons (Fsp3) is 0.235. The number of aromatic nitrogens is 1. The number of pyridine rings is 1. The van der Waals surface area contributed by atoms with Crippen molar-refractivity contribution >= 4 is 11.9 Å². The van der Waals surface area contributed by atoms with Gasteiger partial charge in [-0.1, -0.05) is 0 Å². The maximum atomic E-state index is 13.4. The Morgan fingerprint density at radius 2 is 1.83 bits per heavy atom. The third kappa shape index (κ3) is 4.58. The van der Waals surface area contributed by atoms with Crippen LogP contribution in [-0.4, -0.2) is 35.4 Å². The molecule has 0 spiro atoms. The number of esters is 1. The minimum Gasteiger partial charge on any atom is -0.469 e. The van der Waals surface area contributed by atoms with Gasteiger partial charge in [-0.05, 0) is 35.9 Å². The first-order valence-corrected chi connectivity index (χ1v) is 7.21. The normalized spacial score (nSPS) is 10.3. The van der Waals surface area contributed by atoms with Crippen molar-refractivity contribution in [2.24, 2.45) is 0 Å². The molecule has 5 nitrogen and oxygen atoms in total. The summed E-state index contributed by atoms with van der Waals surface area (Å²) in [6.45, 7) is 0.296. The van der Waals surface area contributed by atoms with E-state index < -0.39 is 23.5 Å². The molecule has 0 atom stereocenters. The van der Waals surface area contributed by atoms with Gasteiger partial charge in [-0.2, -0.15) is 0 Å². The Kier molecular flexibility index (Phi) is 5.95. The molecule has 2 rings (SSSR count). The highest BCUT2D eigenvalue weighted by atomic mass is 19.2. The smallest absolute Gasteiger partial charge is 0.307 e. The van der Waals surface area contributed by atoms with Crippen LogP contribution in [-0.2, 0) is 16.1 Å². The molecule has 0 N–H and O–H groups in total. The summed E-state index contributed by atoms with van der Waals surface area (Å²) in [7, 11) is 1.26. The van der Waals surface area contributed by atoms with E-state index in [0.29, 0.717) is 0 Å². The van der Waals surface area contributed by atoms with Crippen LogP contribution in [0.15, 0.2) is 42.7 Å². The quantitative estimate of drug-likeness (QED) is 0.762. The highest BCUT2D eigenvalue weighted by Crippen LogP contribution is 2.14. The monoisotopic (exact) mass is 334 g/mol. The van der Waals surface area contributed by atoms with Crippen LogP contribution in [0, 0.1) is 11.6 Å². The van der Waals surface area contributed by atoms with Crippen molar-refractivity contribution in [3.63, 3.8) is 0 Å². The van der Waals surface area contributed by atoms with Crippen molar-refractivity contribution in [3.8, 4) is 0 Å². The summed E-state index contributed by atoms with van der Waals surface area (Å²) in [6.07, 6.45) is 3.16. The van der Waals surface area contributed by atoms with Crippen LogP contribution in [0.4, 0.5) is 8.78 Å². The van der Waals surface area contributed by atoms with Crippen LogP contribution >= 0.6 is 0 Å². The molecule has 1 aromatic heterocycles. The number of benzene rings is 1. The number of nitrogens with zero attached hydrogens (tertiary/aromatic N) is 2. The van der Waals surface area contributed by atoms with Gasteiger partial charge < -0.3 is 9.64 Å². The topological polar surface area (TPSA) is 59.5 Å². The van der Waals surface area contributed by atoms with Crippen molar-refractivity contribution in [1.82, 2.24) is 9.88 Å². The number of halogens is 2. The van der Waals surface area contributed by atoms with Crippen molar-refractivity contribution in [1.29, 1.82) is 0 Å². The van der Waals surface area contributed by atoms with E-state index in [1.807, 2.05) is 0 Å². The number of hydrogen-bond acceptors (Lipinski definition) is 4. The van der Waals surface area contributed by atoms with E-state index in [4.69, 9.17) is 0 Å². The Bertz CT molecular complexity index is 723. The first-order valence-electron chi connectivity index (χ1n) is 7.21. The van der Waals surface area contributed by atoms with Crippen LogP contribution in [0.3, 0.4) is 0 Å². The lowest BCUT2D eigenvalue weighted by atomic mass is 10.1. The molecule has 0 bridgehead atoms. The molecule has 0 radical (unpaired) electrons. The largest absolute Gasteiger partial charge is 0.469 e. The lowest BCUT2D eigenvalue weighted by molar-refractivity contribution is -0.140. The molecular weight excluding hydrogens is 318 g/mol. The fourth-order valence-corrected chi connectivity index (χ4v) is 2.10. The first-order chi connectivity index (χ1) is 11.5. The third-order valence-electron chi connectivity index (χ3n) is 3.39. The molecule has 24 heavy (non-hydrogen) atoms. The summed E-state index contributed by atoms with van der Waals surface area (Å²) in [6, 6.07) is 6.40. The van der Waals surface area contributed by atoms with Gasteiger partial charge >= 0.3 is 5.97 Å². The van der Waals surface area contributed by atoms with E-state index in [1.54, 1.807) is 24.5 Å². The van der Waals surface area contributed by atoms with Crippen molar-refractivity contribution in [2.45, 2.75) is 13.0 Å². The molecule has 0 fully saturated rings. The maximum absolute atomic E-state index is 13.4. The Labute approximate surface area is 137 Å². The Morgan fingerprint density at radius 1 is 1.12 bits per heavy atom. The maximum Gasteiger partial charge on any atom is 0.307 e. The second-order valence-corrected chi connectivity index (χ2v) is 5.04. The molecule has 0 aliphatic heterocycles. The van der Waals surface area contributed by atoms with Crippen LogP contribution in [0.5, 0.6) is 0 Å². The summed E-state index contributed by atoms with van der Waals surface area (Å²) < 4.78 is 31.0. The average Bonchev–Trinajstić information content (AvgIpc) is 2.60. The SMILES string of the molecule is COC(=O)CCN(Cc1ccncc1)C(=O)c1ccc(F)c(F)c1. The third-order valence-corrected chi connectivity index (χ3v) is 3.39. The molecule has 0 aliphatic rings. The molecule has 0 unspecified atom stereocenters. The molecule has 0 saturated heterocycles. The zero-order valence-corrected chi connectivity index (χ0v) is 13.0. The van der Waals surface area contributed by atoms with Gasteiger partial charge in [0, 0.05) is 31.0 Å². The predicted molar refractivity (Wildman–Crippen MR) is 82.0 cm³/mol. The van der Waals surface area contributed by atoms with Gasteiger partial charge in [-0.3, -0.25) is 14.6 Å². The van der Waals surface area contributed by atoms with Crippen molar-refractivity contribution in [2.75, 3.05) is 13.7 Å². The van der Waals surface area contributed by atoms with E-state index in [1.165, 1.54) is 18.1 Å². The molecule has 0 saturated carbocycles. The highest BCUT2D eigenvalue weighted by Gasteiger charge is 2.19.